The van der Waals surface area contributed by atoms with Gasteiger partial charge >= 0.3 is 0 Å². The summed E-state index contributed by atoms with van der Waals surface area (Å²) in [6, 6.07) is 6.18. The van der Waals surface area contributed by atoms with Crippen LogP contribution in [0.1, 0.15) is 19.4 Å². The average Bonchev–Trinajstić information content (AvgIpc) is 2.52. The minimum absolute atomic E-state index is 0. The van der Waals surface area contributed by atoms with Crippen LogP contribution in [0.3, 0.4) is 0 Å². The molecular weight excluding hydrogens is 438 g/mol. The van der Waals surface area contributed by atoms with Crippen LogP contribution >= 0.6 is 24.0 Å². The number of carbonyl (C=O) groups is 1. The zero-order valence-electron chi connectivity index (χ0n) is 15.0. The highest BCUT2D eigenvalue weighted by Gasteiger charge is 2.05. The number of amides is 1. The Morgan fingerprint density at radius 3 is 2.76 bits per heavy atom. The number of rotatable bonds is 9. The minimum Gasteiger partial charge on any atom is -0.383 e. The molecule has 1 atom stereocenters. The molecule has 25 heavy (non-hydrogen) atoms. The van der Waals surface area contributed by atoms with Crippen LogP contribution in [0.2, 0.25) is 0 Å². The van der Waals surface area contributed by atoms with Gasteiger partial charge in [-0.05, 0) is 31.5 Å². The second-order valence-corrected chi connectivity index (χ2v) is 5.42. The van der Waals surface area contributed by atoms with Gasteiger partial charge in [-0.3, -0.25) is 9.79 Å². The molecule has 1 amide bonds. The molecule has 8 heteroatoms. The van der Waals surface area contributed by atoms with E-state index in [0.717, 1.165) is 6.54 Å². The first-order valence-electron chi connectivity index (χ1n) is 8.10. The van der Waals surface area contributed by atoms with E-state index in [1.807, 2.05) is 13.8 Å². The summed E-state index contributed by atoms with van der Waals surface area (Å²) in [5.74, 6) is 0.194. The summed E-state index contributed by atoms with van der Waals surface area (Å²) in [7, 11) is 1.65. The summed E-state index contributed by atoms with van der Waals surface area (Å²) in [6.07, 6.45) is 0.157. The van der Waals surface area contributed by atoms with Gasteiger partial charge in [-0.25, -0.2) is 4.39 Å². The molecule has 0 saturated carbocycles. The largest absolute Gasteiger partial charge is 0.383 e. The third kappa shape index (κ3) is 10.9. The number of hydrogen-bond donors (Lipinski definition) is 3. The molecule has 0 radical (unpaired) electrons. The second kappa shape index (κ2) is 13.8. The summed E-state index contributed by atoms with van der Waals surface area (Å²) in [4.78, 5) is 16.2. The fraction of sp³-hybridized carbons (Fsp3) is 0.529. The van der Waals surface area contributed by atoms with Crippen LogP contribution in [0, 0.1) is 5.82 Å². The van der Waals surface area contributed by atoms with Gasteiger partial charge in [0, 0.05) is 26.2 Å². The highest BCUT2D eigenvalue weighted by Crippen LogP contribution is 2.03. The van der Waals surface area contributed by atoms with Crippen LogP contribution in [0.5, 0.6) is 0 Å². The van der Waals surface area contributed by atoms with Gasteiger partial charge in [0.25, 0.3) is 0 Å². The lowest BCUT2D eigenvalue weighted by Gasteiger charge is -2.17. The van der Waals surface area contributed by atoms with Crippen molar-refractivity contribution in [1.29, 1.82) is 0 Å². The Kier molecular flexibility index (Phi) is 13.0. The third-order valence-corrected chi connectivity index (χ3v) is 3.10. The van der Waals surface area contributed by atoms with Crippen molar-refractivity contribution in [1.82, 2.24) is 16.0 Å². The van der Waals surface area contributed by atoms with E-state index < -0.39 is 0 Å². The highest BCUT2D eigenvalue weighted by molar-refractivity contribution is 14.0. The number of methoxy groups -OCH3 is 1. The molecule has 0 aromatic heterocycles. The van der Waals surface area contributed by atoms with E-state index >= 15 is 0 Å². The van der Waals surface area contributed by atoms with Crippen LogP contribution in [0.15, 0.2) is 29.3 Å². The predicted octanol–water partition coefficient (Wildman–Crippen LogP) is 1.69. The van der Waals surface area contributed by atoms with Crippen LogP contribution in [-0.2, 0) is 16.0 Å². The molecule has 1 aromatic carbocycles. The topological polar surface area (TPSA) is 74.8 Å². The average molecular weight is 466 g/mol. The Balaban J connectivity index is 0.00000576. The molecule has 1 aromatic rings. The van der Waals surface area contributed by atoms with Crippen LogP contribution < -0.4 is 16.0 Å². The monoisotopic (exact) mass is 466 g/mol. The number of halogens is 2. The molecule has 0 aliphatic heterocycles. The maximum absolute atomic E-state index is 13.1. The lowest BCUT2D eigenvalue weighted by atomic mass is 10.1. The Labute approximate surface area is 166 Å². The van der Waals surface area contributed by atoms with Gasteiger partial charge in [0.15, 0.2) is 5.96 Å². The van der Waals surface area contributed by atoms with Gasteiger partial charge in [0.2, 0.25) is 5.91 Å². The molecule has 0 heterocycles. The molecule has 0 bridgehead atoms. The van der Waals surface area contributed by atoms with Crippen molar-refractivity contribution in [3.63, 3.8) is 0 Å². The van der Waals surface area contributed by atoms with E-state index in [0.29, 0.717) is 31.2 Å². The fourth-order valence-corrected chi connectivity index (χ4v) is 2.10. The molecule has 1 rings (SSSR count). The predicted molar refractivity (Wildman–Crippen MR) is 109 cm³/mol. The first kappa shape index (κ1) is 23.6. The van der Waals surface area contributed by atoms with Crippen LogP contribution in [0.4, 0.5) is 4.39 Å². The molecule has 0 aliphatic rings. The van der Waals surface area contributed by atoms with Crippen molar-refractivity contribution in [2.75, 3.05) is 33.4 Å². The smallest absolute Gasteiger partial charge is 0.224 e. The fourth-order valence-electron chi connectivity index (χ4n) is 2.10. The highest BCUT2D eigenvalue weighted by atomic mass is 127. The number of hydrogen-bond acceptors (Lipinski definition) is 3. The molecule has 3 N–H and O–H groups in total. The number of guanidine groups is 1. The summed E-state index contributed by atoms with van der Waals surface area (Å²) in [5.41, 5.74) is 0.652. The molecule has 142 valence electrons. The first-order valence-corrected chi connectivity index (χ1v) is 8.10. The van der Waals surface area contributed by atoms with Crippen molar-refractivity contribution in [3.8, 4) is 0 Å². The third-order valence-electron chi connectivity index (χ3n) is 3.10. The Hall–Kier alpha value is -1.42. The molecule has 0 spiro atoms. The van der Waals surface area contributed by atoms with Gasteiger partial charge in [-0.1, -0.05) is 12.1 Å². The first-order chi connectivity index (χ1) is 11.5. The number of nitrogens with one attached hydrogen (secondary N) is 3. The van der Waals surface area contributed by atoms with Crippen LogP contribution in [-0.4, -0.2) is 51.3 Å². The van der Waals surface area contributed by atoms with Crippen molar-refractivity contribution >= 4 is 35.8 Å². The maximum Gasteiger partial charge on any atom is 0.224 e. The summed E-state index contributed by atoms with van der Waals surface area (Å²) in [6.45, 7) is 6.18. The van der Waals surface area contributed by atoms with Gasteiger partial charge < -0.3 is 20.7 Å². The minimum atomic E-state index is -0.337. The van der Waals surface area contributed by atoms with Crippen molar-refractivity contribution in [2.45, 2.75) is 26.3 Å². The SMILES string of the molecule is CCNC(=NCCNC(=O)Cc1cccc(F)c1)NC(C)COC.I. The lowest BCUT2D eigenvalue weighted by Crippen LogP contribution is -2.44. The molecule has 0 fully saturated rings. The van der Waals surface area contributed by atoms with Crippen molar-refractivity contribution in [3.05, 3.63) is 35.6 Å². The summed E-state index contributed by atoms with van der Waals surface area (Å²) < 4.78 is 18.1. The van der Waals surface area contributed by atoms with Crippen molar-refractivity contribution < 1.29 is 13.9 Å². The van der Waals surface area contributed by atoms with E-state index in [2.05, 4.69) is 20.9 Å². The molecule has 0 aliphatic carbocycles. The Bertz CT molecular complexity index is 543. The van der Waals surface area contributed by atoms with Gasteiger partial charge in [-0.15, -0.1) is 24.0 Å². The zero-order valence-corrected chi connectivity index (χ0v) is 17.3. The van der Waals surface area contributed by atoms with Gasteiger partial charge in [0.1, 0.15) is 5.82 Å². The summed E-state index contributed by atoms with van der Waals surface area (Å²) >= 11 is 0. The molecule has 0 saturated heterocycles. The number of benzene rings is 1. The van der Waals surface area contributed by atoms with Gasteiger partial charge in [0.05, 0.1) is 19.6 Å². The standard InChI is InChI=1S/C17H27FN4O2.HI/c1-4-19-17(22-13(2)12-24-3)21-9-8-20-16(23)11-14-6-5-7-15(18)10-14;/h5-7,10,13H,4,8-9,11-12H2,1-3H3,(H,20,23)(H2,19,21,22);1H. The molecular formula is C17H28FIN4O2. The number of ether oxygens (including phenoxy) is 1. The van der Waals surface area contributed by atoms with E-state index in [-0.39, 0.29) is 48.2 Å². The van der Waals surface area contributed by atoms with Crippen molar-refractivity contribution in [2.24, 2.45) is 4.99 Å². The van der Waals surface area contributed by atoms with Gasteiger partial charge in [-0.2, -0.15) is 0 Å². The normalized spacial score (nSPS) is 12.1. The van der Waals surface area contributed by atoms with E-state index in [4.69, 9.17) is 4.74 Å². The second-order valence-electron chi connectivity index (χ2n) is 5.42. The Morgan fingerprint density at radius 2 is 2.12 bits per heavy atom. The zero-order chi connectivity index (χ0) is 17.8. The quantitative estimate of drug-likeness (QED) is 0.224. The van der Waals surface area contributed by atoms with Crippen LogP contribution in [0.25, 0.3) is 0 Å². The maximum atomic E-state index is 13.1. The van der Waals surface area contributed by atoms with E-state index in [9.17, 15) is 9.18 Å². The van der Waals surface area contributed by atoms with E-state index in [1.165, 1.54) is 12.1 Å². The number of carbonyl (C=O) groups excluding carboxylic acids is 1. The lowest BCUT2D eigenvalue weighted by molar-refractivity contribution is -0.120. The summed E-state index contributed by atoms with van der Waals surface area (Å²) in [5, 5.41) is 9.13. The number of aliphatic imine (C=N–C) groups is 1. The Morgan fingerprint density at radius 1 is 1.36 bits per heavy atom. The molecule has 6 nitrogen and oxygen atoms in total. The van der Waals surface area contributed by atoms with E-state index in [1.54, 1.807) is 19.2 Å². The number of nitrogens with zero attached hydrogens (tertiary/aromatic N) is 1. The molecule has 1 unspecified atom stereocenters.